The van der Waals surface area contributed by atoms with Crippen molar-refractivity contribution in [1.29, 1.82) is 0 Å². The van der Waals surface area contributed by atoms with Crippen LogP contribution in [0.4, 0.5) is 9.59 Å². The van der Waals surface area contributed by atoms with Crippen LogP contribution >= 0.6 is 0 Å². The van der Waals surface area contributed by atoms with E-state index >= 15 is 0 Å². The molecule has 0 aromatic heterocycles. The predicted octanol–water partition coefficient (Wildman–Crippen LogP) is 3.88. The van der Waals surface area contributed by atoms with Gasteiger partial charge in [0, 0.05) is 44.3 Å². The number of piperidine rings is 2. The maximum absolute atomic E-state index is 12.4. The lowest BCUT2D eigenvalue weighted by atomic mass is 9.95. The van der Waals surface area contributed by atoms with E-state index in [1.54, 1.807) is 0 Å². The molecule has 2 heterocycles. The summed E-state index contributed by atoms with van der Waals surface area (Å²) in [7, 11) is 0. The van der Waals surface area contributed by atoms with E-state index in [-0.39, 0.29) is 18.2 Å². The van der Waals surface area contributed by atoms with E-state index in [2.05, 4.69) is 15.5 Å². The third kappa shape index (κ3) is 6.61. The molecule has 7 heteroatoms. The molecule has 1 aliphatic carbocycles. The second kappa shape index (κ2) is 11.5. The molecule has 2 aliphatic heterocycles. The van der Waals surface area contributed by atoms with E-state index in [0.29, 0.717) is 18.7 Å². The monoisotopic (exact) mass is 442 g/mol. The average Bonchev–Trinajstić information content (AvgIpc) is 2.84. The Kier molecular flexibility index (Phi) is 8.26. The van der Waals surface area contributed by atoms with E-state index in [1.165, 1.54) is 19.3 Å². The quantitative estimate of drug-likeness (QED) is 0.726. The van der Waals surface area contributed by atoms with Crippen LogP contribution < -0.4 is 10.6 Å². The lowest BCUT2D eigenvalue weighted by molar-refractivity contribution is 0.0599. The van der Waals surface area contributed by atoms with E-state index < -0.39 is 0 Å². The van der Waals surface area contributed by atoms with E-state index in [1.807, 2.05) is 35.2 Å². The highest BCUT2D eigenvalue weighted by Crippen LogP contribution is 2.22. The smallest absolute Gasteiger partial charge is 0.410 e. The van der Waals surface area contributed by atoms with Crippen LogP contribution in [0.5, 0.6) is 0 Å². The predicted molar refractivity (Wildman–Crippen MR) is 124 cm³/mol. The number of nitrogens with one attached hydrogen (secondary N) is 2. The first-order valence-electron chi connectivity index (χ1n) is 12.4. The van der Waals surface area contributed by atoms with E-state index in [4.69, 9.17) is 4.74 Å². The Balaban J connectivity index is 1.12. The number of likely N-dealkylation sites (tertiary alicyclic amines) is 2. The van der Waals surface area contributed by atoms with Crippen LogP contribution in [0.2, 0.25) is 0 Å². The number of ether oxygens (including phenoxy) is 1. The van der Waals surface area contributed by atoms with Gasteiger partial charge in [-0.25, -0.2) is 9.59 Å². The van der Waals surface area contributed by atoms with Gasteiger partial charge in [0.2, 0.25) is 0 Å². The molecule has 32 heavy (non-hydrogen) atoms. The molecule has 0 unspecified atom stereocenters. The molecule has 3 fully saturated rings. The first kappa shape index (κ1) is 22.9. The van der Waals surface area contributed by atoms with Crippen LogP contribution in [0.15, 0.2) is 30.3 Å². The average molecular weight is 443 g/mol. The largest absolute Gasteiger partial charge is 0.445 e. The van der Waals surface area contributed by atoms with Gasteiger partial charge in [-0.05, 0) is 44.1 Å². The Morgan fingerprint density at radius 2 is 1.44 bits per heavy atom. The molecular formula is C25H38N4O3. The van der Waals surface area contributed by atoms with Crippen LogP contribution in [0.3, 0.4) is 0 Å². The molecule has 2 N–H and O–H groups in total. The standard InChI is InChI=1S/C25H38N4O3/c30-24(26-21-9-5-2-6-10-21)27-22-11-15-28(16-12-22)23-13-17-29(18-14-23)25(31)32-19-20-7-3-1-4-8-20/h1,3-4,7-8,21-23H,2,5-6,9-19H2,(H2,26,27,30). The van der Waals surface area contributed by atoms with Gasteiger partial charge < -0.3 is 25.2 Å². The van der Waals surface area contributed by atoms with Crippen molar-refractivity contribution < 1.29 is 14.3 Å². The zero-order valence-electron chi connectivity index (χ0n) is 19.1. The summed E-state index contributed by atoms with van der Waals surface area (Å²) in [6.45, 7) is 3.85. The number of urea groups is 1. The molecule has 1 aromatic rings. The molecule has 0 radical (unpaired) electrons. The third-order valence-corrected chi connectivity index (χ3v) is 7.25. The summed E-state index contributed by atoms with van der Waals surface area (Å²) in [4.78, 5) is 29.1. The van der Waals surface area contributed by atoms with Crippen molar-refractivity contribution in [2.75, 3.05) is 26.2 Å². The molecule has 7 nitrogen and oxygen atoms in total. The second-order valence-corrected chi connectivity index (χ2v) is 9.52. The summed E-state index contributed by atoms with van der Waals surface area (Å²) in [6, 6.07) is 11.0. The molecule has 176 valence electrons. The van der Waals surface area contributed by atoms with Crippen molar-refractivity contribution in [3.05, 3.63) is 35.9 Å². The van der Waals surface area contributed by atoms with Crippen LogP contribution in [0.25, 0.3) is 0 Å². The van der Waals surface area contributed by atoms with Crippen LogP contribution in [0.1, 0.15) is 63.4 Å². The number of carbonyl (C=O) groups excluding carboxylic acids is 2. The molecule has 3 aliphatic rings. The summed E-state index contributed by atoms with van der Waals surface area (Å²) in [5.74, 6) is 0. The van der Waals surface area contributed by atoms with Gasteiger partial charge in [-0.15, -0.1) is 0 Å². The summed E-state index contributed by atoms with van der Waals surface area (Å²) >= 11 is 0. The van der Waals surface area contributed by atoms with Crippen molar-refractivity contribution in [3.63, 3.8) is 0 Å². The van der Waals surface area contributed by atoms with Gasteiger partial charge in [0.05, 0.1) is 0 Å². The molecule has 0 atom stereocenters. The number of benzene rings is 1. The van der Waals surface area contributed by atoms with Crippen molar-refractivity contribution >= 4 is 12.1 Å². The van der Waals surface area contributed by atoms with Crippen LogP contribution in [-0.2, 0) is 11.3 Å². The fourth-order valence-corrected chi connectivity index (χ4v) is 5.29. The first-order chi connectivity index (χ1) is 15.7. The van der Waals surface area contributed by atoms with Gasteiger partial charge in [0.1, 0.15) is 6.61 Å². The van der Waals surface area contributed by atoms with Gasteiger partial charge in [0.25, 0.3) is 0 Å². The van der Waals surface area contributed by atoms with Gasteiger partial charge in [-0.2, -0.15) is 0 Å². The maximum Gasteiger partial charge on any atom is 0.410 e. The molecule has 4 rings (SSSR count). The number of hydrogen-bond acceptors (Lipinski definition) is 4. The third-order valence-electron chi connectivity index (χ3n) is 7.25. The van der Waals surface area contributed by atoms with Crippen LogP contribution in [-0.4, -0.2) is 66.2 Å². The Morgan fingerprint density at radius 3 is 2.09 bits per heavy atom. The highest BCUT2D eigenvalue weighted by atomic mass is 16.6. The summed E-state index contributed by atoms with van der Waals surface area (Å²) in [5, 5.41) is 6.36. The van der Waals surface area contributed by atoms with Crippen molar-refractivity contribution in [2.24, 2.45) is 0 Å². The van der Waals surface area contributed by atoms with Gasteiger partial charge in [-0.3, -0.25) is 0 Å². The van der Waals surface area contributed by atoms with Gasteiger partial charge >= 0.3 is 12.1 Å². The molecule has 1 saturated carbocycles. The normalized spacial score (nSPS) is 21.8. The van der Waals surface area contributed by atoms with Crippen LogP contribution in [0, 0.1) is 0 Å². The summed E-state index contributed by atoms with van der Waals surface area (Å²) in [5.41, 5.74) is 1.01. The van der Waals surface area contributed by atoms with Gasteiger partial charge in [0.15, 0.2) is 0 Å². The Bertz CT molecular complexity index is 722. The Morgan fingerprint density at radius 1 is 0.812 bits per heavy atom. The molecule has 0 bridgehead atoms. The van der Waals surface area contributed by atoms with E-state index in [9.17, 15) is 9.59 Å². The topological polar surface area (TPSA) is 73.9 Å². The lowest BCUT2D eigenvalue weighted by Crippen LogP contribution is -2.53. The van der Waals surface area contributed by atoms with E-state index in [0.717, 1.165) is 70.3 Å². The zero-order valence-corrected chi connectivity index (χ0v) is 19.1. The lowest BCUT2D eigenvalue weighted by Gasteiger charge is -2.41. The van der Waals surface area contributed by atoms with Crippen molar-refractivity contribution in [2.45, 2.75) is 82.5 Å². The number of amides is 3. The fraction of sp³-hybridized carbons (Fsp3) is 0.680. The van der Waals surface area contributed by atoms with Gasteiger partial charge in [-0.1, -0.05) is 49.6 Å². The first-order valence-corrected chi connectivity index (χ1v) is 12.4. The minimum absolute atomic E-state index is 0.0117. The van der Waals surface area contributed by atoms with Crippen molar-refractivity contribution in [1.82, 2.24) is 20.4 Å². The molecule has 0 spiro atoms. The maximum atomic E-state index is 12.4. The number of carbonyl (C=O) groups is 2. The molecule has 2 saturated heterocycles. The highest BCUT2D eigenvalue weighted by molar-refractivity contribution is 5.74. The fourth-order valence-electron chi connectivity index (χ4n) is 5.29. The Hall–Kier alpha value is -2.28. The second-order valence-electron chi connectivity index (χ2n) is 9.52. The zero-order chi connectivity index (χ0) is 22.2. The summed E-state index contributed by atoms with van der Waals surface area (Å²) < 4.78 is 5.48. The minimum Gasteiger partial charge on any atom is -0.445 e. The number of hydrogen-bond donors (Lipinski definition) is 2. The molecule has 1 aromatic carbocycles. The van der Waals surface area contributed by atoms with Crippen molar-refractivity contribution in [3.8, 4) is 0 Å². The highest BCUT2D eigenvalue weighted by Gasteiger charge is 2.30. The summed E-state index contributed by atoms with van der Waals surface area (Å²) in [6.07, 6.45) is 9.75. The molecular weight excluding hydrogens is 404 g/mol. The molecule has 3 amide bonds. The minimum atomic E-state index is -0.209. The Labute approximate surface area is 191 Å². The SMILES string of the molecule is O=C(NC1CCCCC1)NC1CCN(C2CCN(C(=O)OCc3ccccc3)CC2)CC1. The number of rotatable bonds is 5. The number of nitrogens with zero attached hydrogens (tertiary/aromatic N) is 2.